The van der Waals surface area contributed by atoms with E-state index in [1.54, 1.807) is 0 Å². The Morgan fingerprint density at radius 2 is 1.81 bits per heavy atom. The number of carbonyl (C=O) groups excluding carboxylic acids is 1. The van der Waals surface area contributed by atoms with E-state index in [2.05, 4.69) is 22.9 Å². The van der Waals surface area contributed by atoms with Crippen LogP contribution in [0.25, 0.3) is 17.0 Å². The van der Waals surface area contributed by atoms with Gasteiger partial charge in [-0.1, -0.05) is 91.2 Å². The van der Waals surface area contributed by atoms with Crippen molar-refractivity contribution in [3.8, 4) is 0 Å². The molecule has 0 N–H and O–H groups in total. The lowest BCUT2D eigenvalue weighted by atomic mass is 9.94. The Bertz CT molecular complexity index is 1190. The second-order valence-corrected chi connectivity index (χ2v) is 10.2. The van der Waals surface area contributed by atoms with Crippen LogP contribution >= 0.6 is 35.6 Å². The number of fused-ring (bicyclic) bond motifs is 1. The molecule has 2 aliphatic rings. The van der Waals surface area contributed by atoms with Gasteiger partial charge in [0.25, 0.3) is 5.91 Å². The highest BCUT2D eigenvalue weighted by atomic mass is 35.5. The summed E-state index contributed by atoms with van der Waals surface area (Å²) in [4.78, 5) is 15.8. The van der Waals surface area contributed by atoms with Crippen LogP contribution in [0, 0.1) is 0 Å². The first-order chi connectivity index (χ1) is 15.1. The average molecular weight is 467 g/mol. The molecule has 1 saturated carbocycles. The minimum Gasteiger partial charge on any atom is -0.342 e. The number of aromatic nitrogens is 1. The van der Waals surface area contributed by atoms with E-state index in [0.717, 1.165) is 44.8 Å². The summed E-state index contributed by atoms with van der Waals surface area (Å²) in [6.45, 7) is 0.678. The van der Waals surface area contributed by atoms with E-state index in [1.165, 1.54) is 31.0 Å². The summed E-state index contributed by atoms with van der Waals surface area (Å²) < 4.78 is 2.90. The number of nitrogens with zero attached hydrogens (tertiary/aromatic N) is 2. The topological polar surface area (TPSA) is 25.2 Å². The highest BCUT2D eigenvalue weighted by Gasteiger charge is 2.37. The van der Waals surface area contributed by atoms with E-state index in [0.29, 0.717) is 10.9 Å². The molecule has 2 heterocycles. The summed E-state index contributed by atoms with van der Waals surface area (Å²) in [5.74, 6) is 0.0600. The molecule has 1 saturated heterocycles. The lowest BCUT2D eigenvalue weighted by Gasteiger charge is -2.29. The molecule has 158 valence electrons. The molecule has 5 rings (SSSR count). The lowest BCUT2D eigenvalue weighted by molar-refractivity contribution is -0.124. The van der Waals surface area contributed by atoms with Gasteiger partial charge in [0, 0.05) is 40.3 Å². The highest BCUT2D eigenvalue weighted by molar-refractivity contribution is 8.26. The first kappa shape index (κ1) is 20.8. The molecule has 0 radical (unpaired) electrons. The van der Waals surface area contributed by atoms with Crippen molar-refractivity contribution >= 4 is 62.8 Å². The number of rotatable bonds is 4. The maximum absolute atomic E-state index is 13.2. The summed E-state index contributed by atoms with van der Waals surface area (Å²) in [5, 5.41) is 1.88. The fourth-order valence-electron chi connectivity index (χ4n) is 4.61. The molecule has 0 bridgehead atoms. The van der Waals surface area contributed by atoms with Crippen LogP contribution in [0.15, 0.2) is 59.6 Å². The minimum absolute atomic E-state index is 0.0600. The summed E-state index contributed by atoms with van der Waals surface area (Å²) in [6, 6.07) is 16.5. The Balaban J connectivity index is 1.49. The number of amides is 1. The summed E-state index contributed by atoms with van der Waals surface area (Å²) in [5.41, 5.74) is 3.23. The van der Waals surface area contributed by atoms with Crippen LogP contribution in [-0.4, -0.2) is 25.7 Å². The fourth-order valence-corrected chi connectivity index (χ4v) is 6.19. The van der Waals surface area contributed by atoms with Gasteiger partial charge in [-0.15, -0.1) is 0 Å². The fraction of sp³-hybridized carbons (Fsp3) is 0.280. The first-order valence-electron chi connectivity index (χ1n) is 10.7. The van der Waals surface area contributed by atoms with Gasteiger partial charge < -0.3 is 4.57 Å². The largest absolute Gasteiger partial charge is 0.342 e. The maximum atomic E-state index is 13.2. The van der Waals surface area contributed by atoms with Crippen molar-refractivity contribution in [2.75, 3.05) is 0 Å². The summed E-state index contributed by atoms with van der Waals surface area (Å²) >= 11 is 13.4. The number of carbonyl (C=O) groups is 1. The molecule has 1 aromatic heterocycles. The summed E-state index contributed by atoms with van der Waals surface area (Å²) in [6.07, 6.45) is 9.83. The van der Waals surface area contributed by atoms with Gasteiger partial charge in [0.2, 0.25) is 0 Å². The third-order valence-electron chi connectivity index (χ3n) is 6.17. The van der Waals surface area contributed by atoms with Crippen molar-refractivity contribution in [2.24, 2.45) is 0 Å². The van der Waals surface area contributed by atoms with Crippen LogP contribution in [0.1, 0.15) is 43.2 Å². The Labute approximate surface area is 197 Å². The SMILES string of the molecule is O=C1/C(=C/c2cn(Cc3ccccc3Cl)c3ccccc23)SC(=S)N1C1CCCCC1. The Hall–Kier alpha value is -2.08. The van der Waals surface area contributed by atoms with E-state index < -0.39 is 0 Å². The molecular weight excluding hydrogens is 444 g/mol. The molecule has 1 aliphatic heterocycles. The molecule has 1 aliphatic carbocycles. The van der Waals surface area contributed by atoms with E-state index in [9.17, 15) is 4.79 Å². The molecule has 1 amide bonds. The van der Waals surface area contributed by atoms with Gasteiger partial charge >= 0.3 is 0 Å². The van der Waals surface area contributed by atoms with Gasteiger partial charge in [-0.2, -0.15) is 0 Å². The quantitative estimate of drug-likeness (QED) is 0.309. The van der Waals surface area contributed by atoms with Crippen LogP contribution in [-0.2, 0) is 11.3 Å². The minimum atomic E-state index is 0.0600. The second-order valence-electron chi connectivity index (χ2n) is 8.16. The van der Waals surface area contributed by atoms with Gasteiger partial charge in [0.05, 0.1) is 4.91 Å². The number of hydrogen-bond acceptors (Lipinski definition) is 3. The van der Waals surface area contributed by atoms with Gasteiger partial charge in [0.1, 0.15) is 4.32 Å². The zero-order chi connectivity index (χ0) is 21.4. The number of thiocarbonyl (C=S) groups is 1. The van der Waals surface area contributed by atoms with Crippen LogP contribution in [0.4, 0.5) is 0 Å². The van der Waals surface area contributed by atoms with Crippen LogP contribution in [0.3, 0.4) is 0 Å². The second kappa shape index (κ2) is 8.81. The standard InChI is InChI=1S/C25H23ClN2OS2/c26-21-12-6-4-8-17(21)15-27-16-18(20-11-5-7-13-22(20)27)14-23-24(29)28(25(30)31-23)19-9-2-1-3-10-19/h4-8,11-14,16,19H,1-3,9-10,15H2/b23-14-. The van der Waals surface area contributed by atoms with Crippen molar-refractivity contribution in [2.45, 2.75) is 44.7 Å². The first-order valence-corrected chi connectivity index (χ1v) is 12.3. The number of halogens is 1. The predicted molar refractivity (Wildman–Crippen MR) is 134 cm³/mol. The van der Waals surface area contributed by atoms with Gasteiger partial charge in [-0.3, -0.25) is 9.69 Å². The molecular formula is C25H23ClN2OS2. The number of para-hydroxylation sites is 1. The number of hydrogen-bond donors (Lipinski definition) is 0. The van der Waals surface area contributed by atoms with Crippen molar-refractivity contribution in [1.82, 2.24) is 9.47 Å². The third kappa shape index (κ3) is 4.07. The van der Waals surface area contributed by atoms with Crippen LogP contribution in [0.2, 0.25) is 5.02 Å². The Kier molecular flexibility index (Phi) is 5.91. The Morgan fingerprint density at radius 3 is 2.61 bits per heavy atom. The predicted octanol–water partition coefficient (Wildman–Crippen LogP) is 6.88. The number of benzene rings is 2. The smallest absolute Gasteiger partial charge is 0.266 e. The van der Waals surface area contributed by atoms with Crippen LogP contribution in [0.5, 0.6) is 0 Å². The van der Waals surface area contributed by atoms with E-state index in [1.807, 2.05) is 47.4 Å². The van der Waals surface area contributed by atoms with E-state index in [4.69, 9.17) is 23.8 Å². The van der Waals surface area contributed by atoms with Crippen molar-refractivity contribution in [3.63, 3.8) is 0 Å². The van der Waals surface area contributed by atoms with Gasteiger partial charge in [0.15, 0.2) is 0 Å². The number of thioether (sulfide) groups is 1. The Morgan fingerprint density at radius 1 is 1.06 bits per heavy atom. The molecule has 2 fully saturated rings. The average Bonchev–Trinajstić information content (AvgIpc) is 3.27. The zero-order valence-corrected chi connectivity index (χ0v) is 19.5. The molecule has 0 spiro atoms. The van der Waals surface area contributed by atoms with Gasteiger partial charge in [-0.05, 0) is 36.6 Å². The molecule has 3 aromatic rings. The highest BCUT2D eigenvalue weighted by Crippen LogP contribution is 2.38. The van der Waals surface area contributed by atoms with E-state index in [-0.39, 0.29) is 11.9 Å². The molecule has 3 nitrogen and oxygen atoms in total. The summed E-state index contributed by atoms with van der Waals surface area (Å²) in [7, 11) is 0. The van der Waals surface area contributed by atoms with Crippen molar-refractivity contribution < 1.29 is 4.79 Å². The molecule has 0 unspecified atom stereocenters. The zero-order valence-electron chi connectivity index (χ0n) is 17.1. The monoisotopic (exact) mass is 466 g/mol. The van der Waals surface area contributed by atoms with Crippen molar-refractivity contribution in [3.05, 3.63) is 75.8 Å². The molecule has 0 atom stereocenters. The van der Waals surface area contributed by atoms with Crippen molar-refractivity contribution in [1.29, 1.82) is 0 Å². The molecule has 31 heavy (non-hydrogen) atoms. The normalized spacial score (nSPS) is 19.1. The van der Waals surface area contributed by atoms with Crippen LogP contribution < -0.4 is 0 Å². The van der Waals surface area contributed by atoms with E-state index >= 15 is 0 Å². The van der Waals surface area contributed by atoms with Gasteiger partial charge in [-0.25, -0.2) is 0 Å². The maximum Gasteiger partial charge on any atom is 0.266 e. The molecule has 2 aromatic carbocycles. The lowest BCUT2D eigenvalue weighted by Crippen LogP contribution is -2.39. The third-order valence-corrected chi connectivity index (χ3v) is 7.87. The molecule has 6 heteroatoms.